The Labute approximate surface area is 168 Å². The molecule has 1 aliphatic rings. The van der Waals surface area contributed by atoms with Crippen LogP contribution in [0, 0.1) is 11.3 Å². The number of halogens is 1. The van der Waals surface area contributed by atoms with Crippen LogP contribution in [0.5, 0.6) is 0 Å². The zero-order valence-corrected chi connectivity index (χ0v) is 16.7. The van der Waals surface area contributed by atoms with Crippen LogP contribution in [-0.2, 0) is 17.7 Å². The maximum atomic E-state index is 12.6. The van der Waals surface area contributed by atoms with Crippen molar-refractivity contribution in [2.75, 3.05) is 25.5 Å². The van der Waals surface area contributed by atoms with E-state index in [1.807, 2.05) is 13.1 Å². The zero-order valence-electron chi connectivity index (χ0n) is 15.1. The van der Waals surface area contributed by atoms with Gasteiger partial charge in [-0.25, -0.2) is 4.79 Å². The first-order valence-electron chi connectivity index (χ1n) is 8.35. The van der Waals surface area contributed by atoms with E-state index in [2.05, 4.69) is 10.2 Å². The molecule has 0 aliphatic carbocycles. The topological polar surface area (TPSA) is 82.4 Å². The first-order valence-corrected chi connectivity index (χ1v) is 9.16. The van der Waals surface area contributed by atoms with E-state index in [-0.39, 0.29) is 24.9 Å². The van der Waals surface area contributed by atoms with E-state index in [0.29, 0.717) is 21.7 Å². The second-order valence-electron chi connectivity index (χ2n) is 6.06. The van der Waals surface area contributed by atoms with Gasteiger partial charge >= 0.3 is 5.97 Å². The van der Waals surface area contributed by atoms with Crippen molar-refractivity contribution in [3.8, 4) is 6.07 Å². The molecule has 1 aromatic heterocycles. The van der Waals surface area contributed by atoms with Gasteiger partial charge in [0.2, 0.25) is 0 Å². The van der Waals surface area contributed by atoms with Crippen molar-refractivity contribution < 1.29 is 14.3 Å². The summed E-state index contributed by atoms with van der Waals surface area (Å²) < 4.78 is 5.20. The van der Waals surface area contributed by atoms with E-state index in [1.54, 1.807) is 31.2 Å². The van der Waals surface area contributed by atoms with Gasteiger partial charge in [0, 0.05) is 23.5 Å². The highest BCUT2D eigenvalue weighted by atomic mass is 35.5. The highest BCUT2D eigenvalue weighted by molar-refractivity contribution is 7.17. The molecule has 0 spiro atoms. The van der Waals surface area contributed by atoms with Gasteiger partial charge < -0.3 is 15.0 Å². The Morgan fingerprint density at radius 1 is 1.33 bits per heavy atom. The standard InChI is InChI=1S/C19H19N3O3S.ClH/c1-3-25-19(24)16-14-8-9-22(2)11-15(14)26-18(16)21-17(23)13-6-4-12(10-20)5-7-13;/h4-7H,3,8-9,11H2,1-2H3,(H,21,23);1H. The maximum absolute atomic E-state index is 12.6. The Bertz CT molecular complexity index is 887. The molecule has 2 heterocycles. The molecule has 1 amide bonds. The van der Waals surface area contributed by atoms with Gasteiger partial charge in [-0.3, -0.25) is 4.79 Å². The van der Waals surface area contributed by atoms with E-state index in [0.717, 1.165) is 30.0 Å². The fourth-order valence-corrected chi connectivity index (χ4v) is 4.22. The minimum absolute atomic E-state index is 0. The Morgan fingerprint density at radius 3 is 2.67 bits per heavy atom. The summed E-state index contributed by atoms with van der Waals surface area (Å²) in [5.41, 5.74) is 2.37. The van der Waals surface area contributed by atoms with E-state index in [9.17, 15) is 9.59 Å². The van der Waals surface area contributed by atoms with Crippen LogP contribution in [0.4, 0.5) is 5.00 Å². The van der Waals surface area contributed by atoms with Gasteiger partial charge in [-0.15, -0.1) is 23.7 Å². The van der Waals surface area contributed by atoms with Crippen LogP contribution in [0.15, 0.2) is 24.3 Å². The number of hydrogen-bond donors (Lipinski definition) is 1. The van der Waals surface area contributed by atoms with Crippen molar-refractivity contribution in [2.45, 2.75) is 19.9 Å². The van der Waals surface area contributed by atoms with E-state index < -0.39 is 5.97 Å². The van der Waals surface area contributed by atoms with Crippen LogP contribution in [-0.4, -0.2) is 37.0 Å². The van der Waals surface area contributed by atoms with Crippen molar-refractivity contribution in [1.82, 2.24) is 4.90 Å². The van der Waals surface area contributed by atoms with Gasteiger partial charge in [0.05, 0.1) is 23.8 Å². The van der Waals surface area contributed by atoms with E-state index in [1.165, 1.54) is 11.3 Å². The third-order valence-corrected chi connectivity index (χ3v) is 5.36. The van der Waals surface area contributed by atoms with Crippen LogP contribution in [0.3, 0.4) is 0 Å². The molecule has 1 aromatic carbocycles. The number of benzene rings is 1. The average molecular weight is 406 g/mol. The summed E-state index contributed by atoms with van der Waals surface area (Å²) in [6, 6.07) is 8.40. The Kier molecular flexibility index (Phi) is 6.97. The number of likely N-dealkylation sites (N-methyl/N-ethyl adjacent to an activating group) is 1. The van der Waals surface area contributed by atoms with E-state index in [4.69, 9.17) is 10.00 Å². The third-order valence-electron chi connectivity index (χ3n) is 4.23. The highest BCUT2D eigenvalue weighted by Gasteiger charge is 2.28. The summed E-state index contributed by atoms with van der Waals surface area (Å²) in [7, 11) is 2.03. The largest absolute Gasteiger partial charge is 0.462 e. The lowest BCUT2D eigenvalue weighted by Gasteiger charge is -2.22. The van der Waals surface area contributed by atoms with Crippen molar-refractivity contribution in [3.05, 3.63) is 51.4 Å². The van der Waals surface area contributed by atoms with Gasteiger partial charge in [-0.1, -0.05) is 0 Å². The van der Waals surface area contributed by atoms with Crippen molar-refractivity contribution in [1.29, 1.82) is 5.26 Å². The number of carbonyl (C=O) groups is 2. The second-order valence-corrected chi connectivity index (χ2v) is 7.16. The molecule has 8 heteroatoms. The smallest absolute Gasteiger partial charge is 0.341 e. The maximum Gasteiger partial charge on any atom is 0.341 e. The van der Waals surface area contributed by atoms with Gasteiger partial charge in [-0.2, -0.15) is 5.26 Å². The number of amides is 1. The number of esters is 1. The van der Waals surface area contributed by atoms with Crippen molar-refractivity contribution in [3.63, 3.8) is 0 Å². The molecule has 0 saturated carbocycles. The van der Waals surface area contributed by atoms with Crippen LogP contribution < -0.4 is 5.32 Å². The molecule has 0 unspecified atom stereocenters. The summed E-state index contributed by atoms with van der Waals surface area (Å²) in [5, 5.41) is 12.2. The zero-order chi connectivity index (χ0) is 18.7. The molecule has 0 radical (unpaired) electrons. The van der Waals surface area contributed by atoms with Crippen LogP contribution in [0.2, 0.25) is 0 Å². The number of ether oxygens (including phenoxy) is 1. The molecule has 0 saturated heterocycles. The molecule has 1 aliphatic heterocycles. The average Bonchev–Trinajstić information content (AvgIpc) is 2.98. The SMILES string of the molecule is CCOC(=O)c1c(NC(=O)c2ccc(C#N)cc2)sc2c1CCN(C)C2.Cl. The second kappa shape index (κ2) is 9.00. The first kappa shape index (κ1) is 20.9. The van der Waals surface area contributed by atoms with Crippen LogP contribution >= 0.6 is 23.7 Å². The first-order chi connectivity index (χ1) is 12.5. The fourth-order valence-electron chi connectivity index (χ4n) is 2.91. The Hall–Kier alpha value is -2.40. The number of hydrogen-bond acceptors (Lipinski definition) is 6. The fraction of sp³-hybridized carbons (Fsp3) is 0.316. The summed E-state index contributed by atoms with van der Waals surface area (Å²) in [4.78, 5) is 28.3. The van der Waals surface area contributed by atoms with Gasteiger partial charge in [0.1, 0.15) is 5.00 Å². The van der Waals surface area contributed by atoms with E-state index >= 15 is 0 Å². The number of fused-ring (bicyclic) bond motifs is 1. The van der Waals surface area contributed by atoms with Crippen LogP contribution in [0.25, 0.3) is 0 Å². The van der Waals surface area contributed by atoms with Crippen LogP contribution in [0.1, 0.15) is 43.6 Å². The monoisotopic (exact) mass is 405 g/mol. The third kappa shape index (κ3) is 4.48. The molecule has 27 heavy (non-hydrogen) atoms. The molecule has 1 N–H and O–H groups in total. The molecule has 0 atom stereocenters. The van der Waals surface area contributed by atoms with Gasteiger partial charge in [0.25, 0.3) is 5.91 Å². The Morgan fingerprint density at radius 2 is 2.04 bits per heavy atom. The van der Waals surface area contributed by atoms with Gasteiger partial charge in [-0.05, 0) is 50.2 Å². The highest BCUT2D eigenvalue weighted by Crippen LogP contribution is 2.37. The number of nitrogens with one attached hydrogen (secondary N) is 1. The number of nitrogens with zero attached hydrogens (tertiary/aromatic N) is 2. The molecule has 0 bridgehead atoms. The lowest BCUT2D eigenvalue weighted by molar-refractivity contribution is 0.0526. The summed E-state index contributed by atoms with van der Waals surface area (Å²) in [6.07, 6.45) is 0.753. The summed E-state index contributed by atoms with van der Waals surface area (Å²) in [6.45, 7) is 3.66. The number of thiophene rings is 1. The number of carbonyl (C=O) groups excluding carboxylic acids is 2. The quantitative estimate of drug-likeness (QED) is 0.787. The predicted molar refractivity (Wildman–Crippen MR) is 107 cm³/mol. The molecule has 6 nitrogen and oxygen atoms in total. The van der Waals surface area contributed by atoms with Gasteiger partial charge in [0.15, 0.2) is 0 Å². The lowest BCUT2D eigenvalue weighted by atomic mass is 10.0. The minimum Gasteiger partial charge on any atom is -0.462 e. The summed E-state index contributed by atoms with van der Waals surface area (Å²) in [5.74, 6) is -0.711. The van der Waals surface area contributed by atoms with Crippen molar-refractivity contribution in [2.24, 2.45) is 0 Å². The molecule has 3 rings (SSSR count). The molecular weight excluding hydrogens is 386 g/mol. The molecule has 2 aromatic rings. The molecular formula is C19H20ClN3O3S. The summed E-state index contributed by atoms with van der Waals surface area (Å²) >= 11 is 1.42. The Balaban J connectivity index is 0.00000261. The molecule has 142 valence electrons. The minimum atomic E-state index is -0.398. The lowest BCUT2D eigenvalue weighted by Crippen LogP contribution is -2.26. The molecule has 0 fully saturated rings. The predicted octanol–water partition coefficient (Wildman–Crippen LogP) is 3.46. The normalized spacial score (nSPS) is 13.1. The number of anilines is 1. The van der Waals surface area contributed by atoms with Crippen molar-refractivity contribution >= 4 is 40.6 Å². The number of rotatable bonds is 4. The number of nitriles is 1.